The summed E-state index contributed by atoms with van der Waals surface area (Å²) < 4.78 is 87.2. The van der Waals surface area contributed by atoms with Gasteiger partial charge < -0.3 is 0 Å². The van der Waals surface area contributed by atoms with Gasteiger partial charge in [-0.25, -0.2) is 13.1 Å². The third-order valence-electron chi connectivity index (χ3n) is 3.13. The standard InChI is InChI=1S/C15H18F5NO2S/c1-12-6-8-13(9-7-12)24(22,23)21-11-5-3-2-4-10-14(16,17)15(18,19)20/h2,4,6-9,21H,3,5,10-11H2,1H3. The van der Waals surface area contributed by atoms with Gasteiger partial charge in [0.2, 0.25) is 10.0 Å². The van der Waals surface area contributed by atoms with Gasteiger partial charge in [0.05, 0.1) is 4.90 Å². The van der Waals surface area contributed by atoms with Crippen LogP contribution < -0.4 is 4.72 Å². The number of rotatable bonds is 8. The van der Waals surface area contributed by atoms with Crippen LogP contribution in [-0.4, -0.2) is 27.1 Å². The number of halogens is 5. The van der Waals surface area contributed by atoms with Crippen molar-refractivity contribution in [2.45, 2.75) is 43.2 Å². The molecule has 0 aliphatic rings. The number of hydrogen-bond acceptors (Lipinski definition) is 2. The molecule has 1 aromatic carbocycles. The van der Waals surface area contributed by atoms with Crippen molar-refractivity contribution in [2.24, 2.45) is 0 Å². The van der Waals surface area contributed by atoms with E-state index in [1.54, 1.807) is 12.1 Å². The van der Waals surface area contributed by atoms with E-state index in [9.17, 15) is 30.4 Å². The topological polar surface area (TPSA) is 46.2 Å². The molecule has 136 valence electrons. The van der Waals surface area contributed by atoms with E-state index >= 15 is 0 Å². The molecular formula is C15H18F5NO2S. The van der Waals surface area contributed by atoms with E-state index in [0.717, 1.165) is 11.6 Å². The monoisotopic (exact) mass is 371 g/mol. The van der Waals surface area contributed by atoms with E-state index in [2.05, 4.69) is 4.72 Å². The first-order chi connectivity index (χ1) is 11.0. The molecule has 0 spiro atoms. The normalized spacial score (nSPS) is 13.6. The molecule has 0 fully saturated rings. The second-order valence-corrected chi connectivity index (χ2v) is 7.00. The van der Waals surface area contributed by atoms with Crippen LogP contribution in [0.3, 0.4) is 0 Å². The van der Waals surface area contributed by atoms with Gasteiger partial charge in [0, 0.05) is 13.0 Å². The molecule has 0 aromatic heterocycles. The highest BCUT2D eigenvalue weighted by molar-refractivity contribution is 7.89. The molecule has 0 radical (unpaired) electrons. The van der Waals surface area contributed by atoms with Gasteiger partial charge in [-0.05, 0) is 31.9 Å². The van der Waals surface area contributed by atoms with E-state index in [-0.39, 0.29) is 24.3 Å². The minimum atomic E-state index is -5.57. The van der Waals surface area contributed by atoms with Crippen molar-refractivity contribution < 1.29 is 30.4 Å². The maximum atomic E-state index is 12.6. The Bertz CT molecular complexity index is 651. The Balaban J connectivity index is 2.36. The van der Waals surface area contributed by atoms with Crippen LogP contribution in [0.2, 0.25) is 0 Å². The van der Waals surface area contributed by atoms with Gasteiger partial charge in [0.25, 0.3) is 0 Å². The molecule has 1 aromatic rings. The Morgan fingerprint density at radius 2 is 1.62 bits per heavy atom. The lowest BCUT2D eigenvalue weighted by Crippen LogP contribution is -2.35. The lowest BCUT2D eigenvalue weighted by atomic mass is 10.2. The van der Waals surface area contributed by atoms with Crippen molar-refractivity contribution in [3.05, 3.63) is 42.0 Å². The van der Waals surface area contributed by atoms with Crippen molar-refractivity contribution >= 4 is 10.0 Å². The van der Waals surface area contributed by atoms with Crippen LogP contribution in [0.1, 0.15) is 24.8 Å². The number of alkyl halides is 5. The van der Waals surface area contributed by atoms with E-state index in [1.807, 2.05) is 6.92 Å². The average molecular weight is 371 g/mol. The van der Waals surface area contributed by atoms with Crippen molar-refractivity contribution in [3.8, 4) is 0 Å². The molecule has 0 saturated carbocycles. The van der Waals surface area contributed by atoms with Crippen LogP contribution >= 0.6 is 0 Å². The average Bonchev–Trinajstić information content (AvgIpc) is 2.45. The van der Waals surface area contributed by atoms with Crippen LogP contribution in [0.25, 0.3) is 0 Å². The van der Waals surface area contributed by atoms with Crippen LogP contribution in [0.15, 0.2) is 41.3 Å². The Kier molecular flexibility index (Phi) is 6.91. The zero-order valence-electron chi connectivity index (χ0n) is 12.9. The fourth-order valence-electron chi connectivity index (χ4n) is 1.69. The van der Waals surface area contributed by atoms with E-state index in [1.165, 1.54) is 18.2 Å². The van der Waals surface area contributed by atoms with Gasteiger partial charge in [-0.15, -0.1) is 0 Å². The number of allylic oxidation sites excluding steroid dienone is 2. The second kappa shape index (κ2) is 8.06. The van der Waals surface area contributed by atoms with Crippen molar-refractivity contribution in [1.82, 2.24) is 4.72 Å². The van der Waals surface area contributed by atoms with Crippen molar-refractivity contribution in [3.63, 3.8) is 0 Å². The number of hydrogen-bond donors (Lipinski definition) is 1. The van der Waals surface area contributed by atoms with E-state index < -0.39 is 28.5 Å². The lowest BCUT2D eigenvalue weighted by Gasteiger charge is -2.17. The van der Waals surface area contributed by atoms with Crippen LogP contribution in [0.5, 0.6) is 0 Å². The Morgan fingerprint density at radius 3 is 2.17 bits per heavy atom. The smallest absolute Gasteiger partial charge is 0.211 e. The van der Waals surface area contributed by atoms with E-state index in [4.69, 9.17) is 0 Å². The molecule has 0 atom stereocenters. The summed E-state index contributed by atoms with van der Waals surface area (Å²) in [6.45, 7) is 1.87. The first kappa shape index (κ1) is 20.6. The summed E-state index contributed by atoms with van der Waals surface area (Å²) in [5.41, 5.74) is 0.912. The SMILES string of the molecule is Cc1ccc(S(=O)(=O)NCCCC=CCC(F)(F)C(F)(F)F)cc1. The van der Waals surface area contributed by atoms with Gasteiger partial charge in [-0.3, -0.25) is 0 Å². The molecule has 0 saturated heterocycles. The fourth-order valence-corrected chi connectivity index (χ4v) is 2.77. The largest absolute Gasteiger partial charge is 0.453 e. The van der Waals surface area contributed by atoms with Gasteiger partial charge >= 0.3 is 12.1 Å². The van der Waals surface area contributed by atoms with Gasteiger partial charge in [-0.2, -0.15) is 22.0 Å². The molecule has 1 N–H and O–H groups in total. The first-order valence-corrected chi connectivity index (χ1v) is 8.60. The fraction of sp³-hybridized carbons (Fsp3) is 0.467. The van der Waals surface area contributed by atoms with Crippen molar-refractivity contribution in [2.75, 3.05) is 6.54 Å². The molecule has 24 heavy (non-hydrogen) atoms. The predicted octanol–water partition coefficient (Wildman–Crippen LogP) is 4.20. The summed E-state index contributed by atoms with van der Waals surface area (Å²) in [7, 11) is -3.66. The highest BCUT2D eigenvalue weighted by atomic mass is 32.2. The molecule has 3 nitrogen and oxygen atoms in total. The summed E-state index contributed by atoms with van der Waals surface area (Å²) in [5, 5.41) is 0. The van der Waals surface area contributed by atoms with Crippen LogP contribution in [0, 0.1) is 6.92 Å². The quantitative estimate of drug-likeness (QED) is 0.423. The first-order valence-electron chi connectivity index (χ1n) is 7.11. The molecule has 1 rings (SSSR count). The third-order valence-corrected chi connectivity index (χ3v) is 4.60. The molecular weight excluding hydrogens is 353 g/mol. The number of aryl methyl sites for hydroxylation is 1. The minimum Gasteiger partial charge on any atom is -0.211 e. The molecule has 0 aliphatic carbocycles. The molecule has 0 amide bonds. The van der Waals surface area contributed by atoms with Gasteiger partial charge in [0.15, 0.2) is 0 Å². The minimum absolute atomic E-state index is 0.0518. The third kappa shape index (κ3) is 6.20. The molecule has 0 aliphatic heterocycles. The highest BCUT2D eigenvalue weighted by Crippen LogP contribution is 2.38. The molecule has 9 heteroatoms. The maximum absolute atomic E-state index is 12.6. The van der Waals surface area contributed by atoms with E-state index in [0.29, 0.717) is 0 Å². The Morgan fingerprint density at radius 1 is 1.04 bits per heavy atom. The molecule has 0 unspecified atom stereocenters. The van der Waals surface area contributed by atoms with Gasteiger partial charge in [0.1, 0.15) is 0 Å². The second-order valence-electron chi connectivity index (χ2n) is 5.23. The summed E-state index contributed by atoms with van der Waals surface area (Å²) in [5.74, 6) is -4.75. The summed E-state index contributed by atoms with van der Waals surface area (Å²) >= 11 is 0. The zero-order chi connectivity index (χ0) is 18.4. The van der Waals surface area contributed by atoms with Crippen molar-refractivity contribution in [1.29, 1.82) is 0 Å². The molecule has 0 heterocycles. The highest BCUT2D eigenvalue weighted by Gasteiger charge is 2.56. The van der Waals surface area contributed by atoms with Crippen LogP contribution in [0.4, 0.5) is 22.0 Å². The number of benzene rings is 1. The lowest BCUT2D eigenvalue weighted by molar-refractivity contribution is -0.280. The Hall–Kier alpha value is -1.48. The van der Waals surface area contributed by atoms with Crippen LogP contribution in [-0.2, 0) is 10.0 Å². The number of unbranched alkanes of at least 4 members (excludes halogenated alkanes) is 1. The molecule has 0 bridgehead atoms. The summed E-state index contributed by atoms with van der Waals surface area (Å²) in [6.07, 6.45) is -4.60. The van der Waals surface area contributed by atoms with Gasteiger partial charge in [-0.1, -0.05) is 29.8 Å². The summed E-state index contributed by atoms with van der Waals surface area (Å²) in [6, 6.07) is 6.21. The summed E-state index contributed by atoms with van der Waals surface area (Å²) in [4.78, 5) is 0.105. The predicted molar refractivity (Wildman–Crippen MR) is 80.4 cm³/mol. The Labute approximate surface area is 137 Å². The zero-order valence-corrected chi connectivity index (χ0v) is 13.7. The number of sulfonamides is 1. The maximum Gasteiger partial charge on any atom is 0.453 e. The number of nitrogens with one attached hydrogen (secondary N) is 1.